The summed E-state index contributed by atoms with van der Waals surface area (Å²) in [5.41, 5.74) is 3.89. The number of ether oxygens (including phenoxy) is 2. The minimum Gasteiger partial charge on any atom is -0.468 e. The summed E-state index contributed by atoms with van der Waals surface area (Å²) in [6.45, 7) is 5.35. The van der Waals surface area contributed by atoms with Crippen LogP contribution in [0.1, 0.15) is 21.6 Å². The molecule has 0 spiro atoms. The molecule has 0 atom stereocenters. The fourth-order valence-corrected chi connectivity index (χ4v) is 2.59. The number of nitrogens with zero attached hydrogens (tertiary/aromatic N) is 1. The van der Waals surface area contributed by atoms with E-state index in [2.05, 4.69) is 21.5 Å². The molecular formula is C17H22N2O4. The van der Waals surface area contributed by atoms with Gasteiger partial charge in [-0.15, -0.1) is 0 Å². The maximum absolute atomic E-state index is 12.1. The second kappa shape index (κ2) is 7.28. The number of rotatable bonds is 6. The van der Waals surface area contributed by atoms with Crippen molar-refractivity contribution in [2.24, 2.45) is 0 Å². The van der Waals surface area contributed by atoms with Crippen LogP contribution in [0.15, 0.2) is 18.2 Å². The highest BCUT2D eigenvalue weighted by atomic mass is 16.5. The van der Waals surface area contributed by atoms with Crippen LogP contribution in [0.3, 0.4) is 0 Å². The third-order valence-corrected chi connectivity index (χ3v) is 4.04. The topological polar surface area (TPSA) is 69.6 Å². The maximum Gasteiger partial charge on any atom is 0.325 e. The Bertz CT molecular complexity index is 734. The van der Waals surface area contributed by atoms with Gasteiger partial charge in [-0.3, -0.25) is 9.59 Å². The van der Waals surface area contributed by atoms with Crippen molar-refractivity contribution in [3.8, 4) is 0 Å². The Morgan fingerprint density at radius 2 is 1.96 bits per heavy atom. The van der Waals surface area contributed by atoms with Crippen LogP contribution in [0.4, 0.5) is 0 Å². The van der Waals surface area contributed by atoms with Crippen LogP contribution in [0, 0.1) is 13.8 Å². The van der Waals surface area contributed by atoms with Gasteiger partial charge in [0.05, 0.1) is 13.7 Å². The van der Waals surface area contributed by atoms with Crippen molar-refractivity contribution < 1.29 is 19.1 Å². The Kier molecular flexibility index (Phi) is 5.39. The van der Waals surface area contributed by atoms with Gasteiger partial charge in [0.1, 0.15) is 6.54 Å². The van der Waals surface area contributed by atoms with Crippen LogP contribution in [-0.2, 0) is 20.8 Å². The van der Waals surface area contributed by atoms with Crippen LogP contribution >= 0.6 is 0 Å². The normalized spacial score (nSPS) is 10.8. The van der Waals surface area contributed by atoms with Crippen LogP contribution in [0.25, 0.3) is 10.9 Å². The molecule has 6 nitrogen and oxygen atoms in total. The molecule has 0 aliphatic heterocycles. The van der Waals surface area contributed by atoms with Crippen molar-refractivity contribution >= 4 is 22.8 Å². The molecule has 1 aromatic heterocycles. The summed E-state index contributed by atoms with van der Waals surface area (Å²) in [4.78, 5) is 23.2. The molecule has 0 aliphatic carbocycles. The molecule has 124 valence electrons. The number of carbonyl (C=O) groups is 2. The Hall–Kier alpha value is -2.34. The van der Waals surface area contributed by atoms with Gasteiger partial charge < -0.3 is 19.4 Å². The SMILES string of the molecule is COCCn1c(C)c(C)c2cc(C(=O)NCC(=O)OC)ccc21. The molecule has 0 radical (unpaired) electrons. The van der Waals surface area contributed by atoms with Crippen molar-refractivity contribution in [2.45, 2.75) is 20.4 Å². The van der Waals surface area contributed by atoms with Crippen LogP contribution in [-0.4, -0.2) is 43.8 Å². The highest BCUT2D eigenvalue weighted by Gasteiger charge is 2.14. The minimum atomic E-state index is -0.475. The number of esters is 1. The molecule has 0 unspecified atom stereocenters. The van der Waals surface area contributed by atoms with E-state index in [9.17, 15) is 9.59 Å². The molecule has 1 aromatic carbocycles. The second-order valence-electron chi connectivity index (χ2n) is 5.35. The zero-order valence-corrected chi connectivity index (χ0v) is 13.9. The number of aromatic nitrogens is 1. The van der Waals surface area contributed by atoms with Crippen molar-refractivity contribution in [2.75, 3.05) is 27.4 Å². The van der Waals surface area contributed by atoms with E-state index in [1.807, 2.05) is 19.1 Å². The van der Waals surface area contributed by atoms with Gasteiger partial charge in [-0.1, -0.05) is 0 Å². The van der Waals surface area contributed by atoms with Gasteiger partial charge in [0.15, 0.2) is 0 Å². The smallest absolute Gasteiger partial charge is 0.325 e. The molecular weight excluding hydrogens is 296 g/mol. The van der Waals surface area contributed by atoms with E-state index in [0.29, 0.717) is 12.2 Å². The van der Waals surface area contributed by atoms with Crippen LogP contribution in [0.5, 0.6) is 0 Å². The molecule has 0 saturated heterocycles. The van der Waals surface area contributed by atoms with E-state index in [1.165, 1.54) is 7.11 Å². The predicted octanol–water partition coefficient (Wildman–Crippen LogP) is 1.81. The number of fused-ring (bicyclic) bond motifs is 1. The first-order valence-corrected chi connectivity index (χ1v) is 7.43. The first-order valence-electron chi connectivity index (χ1n) is 7.43. The number of methoxy groups -OCH3 is 2. The summed E-state index contributed by atoms with van der Waals surface area (Å²) in [5.74, 6) is -0.767. The number of aryl methyl sites for hydroxylation is 1. The molecule has 0 aliphatic rings. The number of benzene rings is 1. The van der Waals surface area contributed by atoms with Gasteiger partial charge in [-0.05, 0) is 37.6 Å². The summed E-state index contributed by atoms with van der Waals surface area (Å²) in [5, 5.41) is 3.58. The molecule has 0 fully saturated rings. The van der Waals surface area contributed by atoms with Gasteiger partial charge >= 0.3 is 5.97 Å². The monoisotopic (exact) mass is 318 g/mol. The van der Waals surface area contributed by atoms with Gasteiger partial charge in [0.25, 0.3) is 5.91 Å². The molecule has 6 heteroatoms. The van der Waals surface area contributed by atoms with Gasteiger partial charge in [0, 0.05) is 35.8 Å². The number of hydrogen-bond donors (Lipinski definition) is 1. The molecule has 0 saturated carbocycles. The van der Waals surface area contributed by atoms with E-state index in [0.717, 1.165) is 28.7 Å². The number of nitrogens with one attached hydrogen (secondary N) is 1. The third-order valence-electron chi connectivity index (χ3n) is 4.04. The number of amides is 1. The van der Waals surface area contributed by atoms with Crippen molar-refractivity contribution in [3.05, 3.63) is 35.0 Å². The van der Waals surface area contributed by atoms with Gasteiger partial charge in [-0.25, -0.2) is 0 Å². The lowest BCUT2D eigenvalue weighted by Gasteiger charge is -2.08. The summed E-state index contributed by atoms with van der Waals surface area (Å²) >= 11 is 0. The summed E-state index contributed by atoms with van der Waals surface area (Å²) in [6.07, 6.45) is 0. The molecule has 2 rings (SSSR count). The average molecular weight is 318 g/mol. The highest BCUT2D eigenvalue weighted by molar-refractivity contribution is 6.00. The Labute approximate surface area is 135 Å². The number of hydrogen-bond acceptors (Lipinski definition) is 4. The lowest BCUT2D eigenvalue weighted by Crippen LogP contribution is -2.30. The molecule has 1 amide bonds. The largest absolute Gasteiger partial charge is 0.468 e. The van der Waals surface area contributed by atoms with Crippen LogP contribution in [0.2, 0.25) is 0 Å². The lowest BCUT2D eigenvalue weighted by atomic mass is 10.1. The van der Waals surface area contributed by atoms with E-state index in [-0.39, 0.29) is 12.5 Å². The zero-order chi connectivity index (χ0) is 17.0. The quantitative estimate of drug-likeness (QED) is 0.825. The summed E-state index contributed by atoms with van der Waals surface area (Å²) in [6, 6.07) is 5.54. The van der Waals surface area contributed by atoms with Crippen LogP contribution < -0.4 is 5.32 Å². The van der Waals surface area contributed by atoms with Gasteiger partial charge in [0.2, 0.25) is 0 Å². The fraction of sp³-hybridized carbons (Fsp3) is 0.412. The summed E-state index contributed by atoms with van der Waals surface area (Å²) < 4.78 is 11.9. The Balaban J connectivity index is 2.30. The molecule has 0 bridgehead atoms. The zero-order valence-electron chi connectivity index (χ0n) is 13.9. The van der Waals surface area contributed by atoms with E-state index in [1.54, 1.807) is 13.2 Å². The highest BCUT2D eigenvalue weighted by Crippen LogP contribution is 2.26. The first-order chi connectivity index (χ1) is 11.0. The number of carbonyl (C=O) groups excluding carboxylic acids is 2. The Morgan fingerprint density at radius 3 is 2.61 bits per heavy atom. The second-order valence-corrected chi connectivity index (χ2v) is 5.35. The third kappa shape index (κ3) is 3.53. The van der Waals surface area contributed by atoms with Crippen molar-refractivity contribution in [1.82, 2.24) is 9.88 Å². The first kappa shape index (κ1) is 17.0. The van der Waals surface area contributed by atoms with E-state index >= 15 is 0 Å². The fourth-order valence-electron chi connectivity index (χ4n) is 2.59. The van der Waals surface area contributed by atoms with Gasteiger partial charge in [-0.2, -0.15) is 0 Å². The molecule has 23 heavy (non-hydrogen) atoms. The molecule has 1 N–H and O–H groups in total. The predicted molar refractivity (Wildman–Crippen MR) is 87.6 cm³/mol. The average Bonchev–Trinajstić information content (AvgIpc) is 2.81. The molecule has 2 aromatic rings. The molecule has 1 heterocycles. The lowest BCUT2D eigenvalue weighted by molar-refractivity contribution is -0.139. The maximum atomic E-state index is 12.1. The summed E-state index contributed by atoms with van der Waals surface area (Å²) in [7, 11) is 2.97. The van der Waals surface area contributed by atoms with E-state index in [4.69, 9.17) is 4.74 Å². The Morgan fingerprint density at radius 1 is 1.22 bits per heavy atom. The van der Waals surface area contributed by atoms with Crippen molar-refractivity contribution in [1.29, 1.82) is 0 Å². The van der Waals surface area contributed by atoms with E-state index < -0.39 is 5.97 Å². The minimum absolute atomic E-state index is 0.139. The van der Waals surface area contributed by atoms with Crippen molar-refractivity contribution in [3.63, 3.8) is 0 Å². The standard InChI is InChI=1S/C17H22N2O4/c1-11-12(2)19(7-8-22-3)15-6-5-13(9-14(11)15)17(21)18-10-16(20)23-4/h5-6,9H,7-8,10H2,1-4H3,(H,18,21).